The number of carbonyl (C=O) groups is 2. The van der Waals surface area contributed by atoms with Crippen molar-refractivity contribution < 1.29 is 23.8 Å². The van der Waals surface area contributed by atoms with Crippen molar-refractivity contribution >= 4 is 12.1 Å². The van der Waals surface area contributed by atoms with Gasteiger partial charge in [-0.05, 0) is 77.9 Å². The maximum absolute atomic E-state index is 13.1. The molecule has 0 aliphatic heterocycles. The van der Waals surface area contributed by atoms with Gasteiger partial charge in [0.2, 0.25) is 0 Å². The predicted octanol–water partition coefficient (Wildman–Crippen LogP) is 6.00. The van der Waals surface area contributed by atoms with Crippen LogP contribution < -0.4 is 15.4 Å². The molecule has 1 aliphatic carbocycles. The number of nitrogens with one attached hydrogen (secondary N) is 2. The van der Waals surface area contributed by atoms with E-state index >= 15 is 0 Å². The summed E-state index contributed by atoms with van der Waals surface area (Å²) in [6, 6.07) is 28.7. The first-order valence-electron chi connectivity index (χ1n) is 14.6. The molecule has 1 aromatic heterocycles. The summed E-state index contributed by atoms with van der Waals surface area (Å²) in [7, 11) is 1.60. The molecule has 1 heterocycles. The number of methoxy groups -OCH3 is 1. The molecule has 1 atom stereocenters. The second-order valence-corrected chi connectivity index (χ2v) is 10.5. The Balaban J connectivity index is 1.16. The third kappa shape index (κ3) is 7.99. The number of unbranched alkanes of at least 4 members (excludes halogenated alkanes) is 1. The number of rotatable bonds is 14. The minimum Gasteiger partial charge on any atom is -0.497 e. The van der Waals surface area contributed by atoms with Crippen molar-refractivity contribution in [1.82, 2.24) is 15.6 Å². The van der Waals surface area contributed by atoms with E-state index in [-0.39, 0.29) is 19.1 Å². The van der Waals surface area contributed by atoms with E-state index in [4.69, 9.17) is 14.2 Å². The lowest BCUT2D eigenvalue weighted by atomic mass is 9.98. The number of nitrogens with zero attached hydrogens (tertiary/aromatic N) is 1. The molecule has 0 spiro atoms. The van der Waals surface area contributed by atoms with Crippen molar-refractivity contribution in [2.75, 3.05) is 20.3 Å². The van der Waals surface area contributed by atoms with Gasteiger partial charge in [-0.2, -0.15) is 0 Å². The zero-order valence-corrected chi connectivity index (χ0v) is 24.3. The van der Waals surface area contributed by atoms with Crippen LogP contribution in [0, 0.1) is 0 Å². The molecular formula is C35H37N3O5. The van der Waals surface area contributed by atoms with Gasteiger partial charge in [0, 0.05) is 18.7 Å². The van der Waals surface area contributed by atoms with Gasteiger partial charge in [-0.15, -0.1) is 0 Å². The van der Waals surface area contributed by atoms with Gasteiger partial charge < -0.3 is 24.8 Å². The Labute approximate surface area is 252 Å². The summed E-state index contributed by atoms with van der Waals surface area (Å²) in [5.74, 6) is 0.163. The average Bonchev–Trinajstić information content (AvgIpc) is 3.38. The number of hydrogen-bond acceptors (Lipinski definition) is 7. The van der Waals surface area contributed by atoms with E-state index in [0.29, 0.717) is 19.4 Å². The zero-order chi connectivity index (χ0) is 29.9. The van der Waals surface area contributed by atoms with E-state index in [1.54, 1.807) is 13.3 Å². The van der Waals surface area contributed by atoms with Crippen LogP contribution in [0.2, 0.25) is 0 Å². The van der Waals surface area contributed by atoms with Crippen LogP contribution in [0.25, 0.3) is 11.1 Å². The highest BCUT2D eigenvalue weighted by Crippen LogP contribution is 2.44. The van der Waals surface area contributed by atoms with Crippen LogP contribution in [0.5, 0.6) is 5.75 Å². The highest BCUT2D eigenvalue weighted by atomic mass is 16.6. The number of fused-ring (bicyclic) bond motifs is 3. The molecule has 2 N–H and O–H groups in total. The van der Waals surface area contributed by atoms with E-state index in [9.17, 15) is 9.59 Å². The van der Waals surface area contributed by atoms with E-state index in [1.807, 2.05) is 66.7 Å². The smallest absolute Gasteiger partial charge is 0.407 e. The van der Waals surface area contributed by atoms with Gasteiger partial charge >= 0.3 is 12.1 Å². The van der Waals surface area contributed by atoms with Crippen LogP contribution in [0.1, 0.15) is 47.6 Å². The molecule has 1 amide bonds. The van der Waals surface area contributed by atoms with Gasteiger partial charge in [-0.25, -0.2) is 9.59 Å². The van der Waals surface area contributed by atoms with Gasteiger partial charge in [0.25, 0.3) is 0 Å². The molecule has 222 valence electrons. The Bertz CT molecular complexity index is 1450. The van der Waals surface area contributed by atoms with Crippen LogP contribution in [-0.2, 0) is 27.4 Å². The summed E-state index contributed by atoms with van der Waals surface area (Å²) in [4.78, 5) is 30.4. The van der Waals surface area contributed by atoms with Crippen LogP contribution >= 0.6 is 0 Å². The number of amides is 1. The molecule has 4 aromatic rings. The Kier molecular flexibility index (Phi) is 10.4. The third-order valence-electron chi connectivity index (χ3n) is 7.59. The van der Waals surface area contributed by atoms with E-state index < -0.39 is 18.1 Å². The molecule has 0 bridgehead atoms. The molecule has 43 heavy (non-hydrogen) atoms. The molecule has 3 aromatic carbocycles. The molecule has 0 unspecified atom stereocenters. The lowest BCUT2D eigenvalue weighted by molar-refractivity contribution is -0.147. The third-order valence-corrected chi connectivity index (χ3v) is 7.59. The van der Waals surface area contributed by atoms with Crippen LogP contribution in [-0.4, -0.2) is 43.3 Å². The van der Waals surface area contributed by atoms with Crippen molar-refractivity contribution in [3.05, 3.63) is 120 Å². The number of ether oxygens (including phenoxy) is 3. The number of carbonyl (C=O) groups excluding carboxylic acids is 2. The second kappa shape index (κ2) is 15.0. The molecule has 0 saturated carbocycles. The largest absolute Gasteiger partial charge is 0.497 e. The van der Waals surface area contributed by atoms with Crippen molar-refractivity contribution in [3.63, 3.8) is 0 Å². The number of benzene rings is 3. The first-order chi connectivity index (χ1) is 21.1. The molecule has 5 rings (SSSR count). The number of aromatic nitrogens is 1. The highest BCUT2D eigenvalue weighted by Gasteiger charge is 2.30. The first-order valence-corrected chi connectivity index (χ1v) is 14.6. The van der Waals surface area contributed by atoms with Gasteiger partial charge in [0.15, 0.2) is 0 Å². The monoisotopic (exact) mass is 579 g/mol. The van der Waals surface area contributed by atoms with Crippen LogP contribution in [0.15, 0.2) is 97.2 Å². The first kappa shape index (κ1) is 29.8. The number of hydrogen-bond donors (Lipinski definition) is 2. The molecule has 0 radical (unpaired) electrons. The Morgan fingerprint density at radius 3 is 2.21 bits per heavy atom. The molecule has 8 nitrogen and oxygen atoms in total. The van der Waals surface area contributed by atoms with E-state index in [1.165, 1.54) is 0 Å². The Morgan fingerprint density at radius 2 is 1.53 bits per heavy atom. The fourth-order valence-corrected chi connectivity index (χ4v) is 5.33. The van der Waals surface area contributed by atoms with Crippen LogP contribution in [0.4, 0.5) is 4.79 Å². The van der Waals surface area contributed by atoms with Crippen LogP contribution in [0.3, 0.4) is 0 Å². The lowest BCUT2D eigenvalue weighted by Gasteiger charge is -2.19. The second-order valence-electron chi connectivity index (χ2n) is 10.5. The Morgan fingerprint density at radius 1 is 0.837 bits per heavy atom. The van der Waals surface area contributed by atoms with E-state index in [2.05, 4.69) is 39.9 Å². The summed E-state index contributed by atoms with van der Waals surface area (Å²) < 4.78 is 16.5. The van der Waals surface area contributed by atoms with Crippen molar-refractivity contribution in [3.8, 4) is 16.9 Å². The number of pyridine rings is 1. The van der Waals surface area contributed by atoms with Crippen molar-refractivity contribution in [2.24, 2.45) is 0 Å². The standard InChI is InChI=1S/C35H37N3O5/c1-41-27-18-16-25(17-19-27)23-42-34(39)33(15-7-8-20-36-22-26-10-6-9-21-37-26)38-35(40)43-24-32-30-13-4-2-11-28(30)29-12-3-5-14-31(29)32/h2-6,9-14,16-19,21,32-33,36H,7-8,15,20,22-24H2,1H3,(H,38,40)/t33-/m0/s1. The summed E-state index contributed by atoms with van der Waals surface area (Å²) in [5.41, 5.74) is 6.37. The number of esters is 1. The summed E-state index contributed by atoms with van der Waals surface area (Å²) in [5, 5.41) is 6.14. The predicted molar refractivity (Wildman–Crippen MR) is 165 cm³/mol. The fraction of sp³-hybridized carbons (Fsp3) is 0.286. The minimum absolute atomic E-state index is 0.0659. The normalized spacial score (nSPS) is 12.6. The topological polar surface area (TPSA) is 98.8 Å². The molecule has 1 aliphatic rings. The van der Waals surface area contributed by atoms with Crippen molar-refractivity contribution in [1.29, 1.82) is 0 Å². The maximum atomic E-state index is 13.1. The van der Waals surface area contributed by atoms with Crippen molar-refractivity contribution in [2.45, 2.75) is 44.4 Å². The quantitative estimate of drug-likeness (QED) is 0.140. The molecule has 8 heteroatoms. The fourth-order valence-electron chi connectivity index (χ4n) is 5.33. The zero-order valence-electron chi connectivity index (χ0n) is 24.3. The van der Waals surface area contributed by atoms with Gasteiger partial charge in [-0.1, -0.05) is 66.7 Å². The number of alkyl carbamates (subject to hydrolysis) is 1. The summed E-state index contributed by atoms with van der Waals surface area (Å²) in [6.45, 7) is 1.70. The molecule has 0 saturated heterocycles. The van der Waals surface area contributed by atoms with Gasteiger partial charge in [0.05, 0.1) is 12.8 Å². The minimum atomic E-state index is -0.829. The highest BCUT2D eigenvalue weighted by molar-refractivity contribution is 5.82. The summed E-state index contributed by atoms with van der Waals surface area (Å²) in [6.07, 6.45) is 3.09. The molecular weight excluding hydrogens is 542 g/mol. The SMILES string of the molecule is COc1ccc(COC(=O)[C@H](CCCCNCc2ccccn2)NC(=O)OCC2c3ccccc3-c3ccccc32)cc1. The average molecular weight is 580 g/mol. The van der Waals surface area contributed by atoms with E-state index in [0.717, 1.165) is 52.2 Å². The Hall–Kier alpha value is -4.69. The summed E-state index contributed by atoms with van der Waals surface area (Å²) >= 11 is 0. The lowest BCUT2D eigenvalue weighted by Crippen LogP contribution is -2.42. The van der Waals surface area contributed by atoms with Gasteiger partial charge in [-0.3, -0.25) is 4.98 Å². The maximum Gasteiger partial charge on any atom is 0.407 e. The van der Waals surface area contributed by atoms with Gasteiger partial charge in [0.1, 0.15) is 25.0 Å². The molecule has 0 fully saturated rings.